The van der Waals surface area contributed by atoms with E-state index >= 15 is 0 Å². The molecule has 0 unspecified atom stereocenters. The minimum atomic E-state index is -0.184. The first-order chi connectivity index (χ1) is 12.2. The molecule has 1 fully saturated rings. The summed E-state index contributed by atoms with van der Waals surface area (Å²) in [5, 5.41) is 0. The summed E-state index contributed by atoms with van der Waals surface area (Å²) in [5.41, 5.74) is 2.17. The van der Waals surface area contributed by atoms with Crippen LogP contribution in [0.5, 0.6) is 5.75 Å². The normalized spacial score (nSPS) is 18.0. The lowest BCUT2D eigenvalue weighted by molar-refractivity contribution is 0.302. The number of piperazine rings is 1. The lowest BCUT2D eigenvalue weighted by Crippen LogP contribution is -2.44. The van der Waals surface area contributed by atoms with Crippen LogP contribution in [0.4, 0.5) is 15.8 Å². The first-order valence-corrected chi connectivity index (χ1v) is 9.39. The van der Waals surface area contributed by atoms with Crippen molar-refractivity contribution in [2.75, 3.05) is 55.6 Å². The summed E-state index contributed by atoms with van der Waals surface area (Å²) in [7, 11) is 2.15. The van der Waals surface area contributed by atoms with Gasteiger partial charge in [0.25, 0.3) is 0 Å². The topological polar surface area (TPSA) is 19.0 Å². The third-order valence-corrected chi connectivity index (χ3v) is 5.80. The lowest BCUT2D eigenvalue weighted by atomic mass is 10.2. The Bertz CT molecular complexity index is 749. The molecule has 0 aromatic heterocycles. The van der Waals surface area contributed by atoms with Crippen LogP contribution < -0.4 is 13.9 Å². The molecule has 4 nitrogen and oxygen atoms in total. The molecule has 2 aliphatic rings. The molecule has 1 saturated heterocycles. The summed E-state index contributed by atoms with van der Waals surface area (Å²) < 4.78 is 22.2. The highest BCUT2D eigenvalue weighted by atomic mass is 32.2. The fourth-order valence-electron chi connectivity index (χ4n) is 3.24. The van der Waals surface area contributed by atoms with Gasteiger partial charge in [-0.25, -0.2) is 4.39 Å². The van der Waals surface area contributed by atoms with E-state index in [1.807, 2.05) is 12.1 Å². The van der Waals surface area contributed by atoms with Crippen molar-refractivity contribution in [3.05, 3.63) is 48.3 Å². The van der Waals surface area contributed by atoms with Crippen LogP contribution in [0.25, 0.3) is 0 Å². The van der Waals surface area contributed by atoms with E-state index in [0.717, 1.165) is 49.8 Å². The van der Waals surface area contributed by atoms with Crippen LogP contribution in [0.3, 0.4) is 0 Å². The van der Waals surface area contributed by atoms with E-state index in [9.17, 15) is 4.39 Å². The molecule has 0 spiro atoms. The van der Waals surface area contributed by atoms with E-state index in [1.165, 1.54) is 18.0 Å². The molecule has 0 N–H and O–H groups in total. The molecule has 0 atom stereocenters. The van der Waals surface area contributed by atoms with Crippen LogP contribution in [0, 0.1) is 5.82 Å². The second-order valence-corrected chi connectivity index (χ2v) is 7.45. The Morgan fingerprint density at radius 3 is 2.48 bits per heavy atom. The number of nitrogens with zero attached hydrogens (tertiary/aromatic N) is 3. The third-order valence-electron chi connectivity index (χ3n) is 4.67. The summed E-state index contributed by atoms with van der Waals surface area (Å²) in [4.78, 5) is 5.36. The second kappa shape index (κ2) is 7.14. The zero-order valence-corrected chi connectivity index (χ0v) is 15.1. The van der Waals surface area contributed by atoms with Gasteiger partial charge < -0.3 is 18.8 Å². The zero-order chi connectivity index (χ0) is 17.2. The Kier molecular flexibility index (Phi) is 4.72. The summed E-state index contributed by atoms with van der Waals surface area (Å²) >= 11 is 1.44. The molecule has 0 saturated carbocycles. The van der Waals surface area contributed by atoms with Crippen LogP contribution in [-0.4, -0.2) is 51.3 Å². The number of fused-ring (bicyclic) bond motifs is 1. The zero-order valence-electron chi connectivity index (χ0n) is 14.3. The number of para-hydroxylation sites is 1. The first kappa shape index (κ1) is 16.5. The molecule has 25 heavy (non-hydrogen) atoms. The predicted molar refractivity (Wildman–Crippen MR) is 101 cm³/mol. The monoisotopic (exact) mass is 359 g/mol. The number of hydrogen-bond donors (Lipinski definition) is 0. The van der Waals surface area contributed by atoms with Crippen LogP contribution in [0.2, 0.25) is 0 Å². The van der Waals surface area contributed by atoms with Crippen LogP contribution >= 0.6 is 11.9 Å². The van der Waals surface area contributed by atoms with Crippen LogP contribution in [0.15, 0.2) is 47.4 Å². The van der Waals surface area contributed by atoms with Gasteiger partial charge in [-0.15, -0.1) is 0 Å². The largest absolute Gasteiger partial charge is 0.487 e. The van der Waals surface area contributed by atoms with E-state index < -0.39 is 0 Å². The van der Waals surface area contributed by atoms with Crippen LogP contribution in [0.1, 0.15) is 0 Å². The third kappa shape index (κ3) is 3.41. The molecular formula is C19H22FN3OS. The first-order valence-electron chi connectivity index (χ1n) is 8.62. The number of benzene rings is 2. The quantitative estimate of drug-likeness (QED) is 0.779. The van der Waals surface area contributed by atoms with Gasteiger partial charge in [0.1, 0.15) is 12.4 Å². The Balaban J connectivity index is 1.62. The number of rotatable bonds is 3. The molecule has 2 aromatic rings. The van der Waals surface area contributed by atoms with Crippen molar-refractivity contribution in [1.29, 1.82) is 0 Å². The number of anilines is 2. The molecule has 0 radical (unpaired) electrons. The standard InChI is InChI=1S/C19H22FN3OS/c1-21-9-11-22(12-10-21)16-6-4-7-17-19(16)24-14-13-23(17)25-18-8-3-2-5-15(18)20/h2-8H,9-14H2,1H3. The van der Waals surface area contributed by atoms with Crippen molar-refractivity contribution in [2.24, 2.45) is 0 Å². The van der Waals surface area contributed by atoms with Crippen molar-refractivity contribution in [1.82, 2.24) is 4.90 Å². The molecule has 2 aliphatic heterocycles. The Labute approximate surface area is 152 Å². The summed E-state index contributed by atoms with van der Waals surface area (Å²) in [6.45, 7) is 5.44. The van der Waals surface area contributed by atoms with Crippen molar-refractivity contribution in [2.45, 2.75) is 4.90 Å². The van der Waals surface area contributed by atoms with Gasteiger partial charge in [0, 0.05) is 26.2 Å². The molecular weight excluding hydrogens is 337 g/mol. The van der Waals surface area contributed by atoms with Gasteiger partial charge in [-0.1, -0.05) is 18.2 Å². The maximum Gasteiger partial charge on any atom is 0.166 e. The average molecular weight is 359 g/mol. The number of hydrogen-bond acceptors (Lipinski definition) is 5. The van der Waals surface area contributed by atoms with Crippen molar-refractivity contribution >= 4 is 23.3 Å². The Morgan fingerprint density at radius 2 is 1.68 bits per heavy atom. The Morgan fingerprint density at radius 1 is 0.920 bits per heavy atom. The molecule has 6 heteroatoms. The fourth-order valence-corrected chi connectivity index (χ4v) is 4.18. The van der Waals surface area contributed by atoms with Gasteiger partial charge in [-0.2, -0.15) is 0 Å². The average Bonchev–Trinajstić information content (AvgIpc) is 2.64. The molecule has 0 aliphatic carbocycles. The maximum atomic E-state index is 14.0. The van der Waals surface area contributed by atoms with Crippen LogP contribution in [-0.2, 0) is 0 Å². The van der Waals surface area contributed by atoms with Gasteiger partial charge in [-0.05, 0) is 43.3 Å². The summed E-state index contributed by atoms with van der Waals surface area (Å²) in [6, 6.07) is 13.2. The second-order valence-electron chi connectivity index (χ2n) is 6.39. The fraction of sp³-hybridized carbons (Fsp3) is 0.368. The van der Waals surface area contributed by atoms with E-state index in [1.54, 1.807) is 6.07 Å². The minimum absolute atomic E-state index is 0.184. The van der Waals surface area contributed by atoms with Gasteiger partial charge >= 0.3 is 0 Å². The van der Waals surface area contributed by atoms with E-state index in [0.29, 0.717) is 11.5 Å². The molecule has 0 bridgehead atoms. The molecule has 2 aromatic carbocycles. The van der Waals surface area contributed by atoms with E-state index in [4.69, 9.17) is 4.74 Å². The lowest BCUT2D eigenvalue weighted by Gasteiger charge is -2.37. The summed E-state index contributed by atoms with van der Waals surface area (Å²) in [5.74, 6) is 0.734. The van der Waals surface area contributed by atoms with Gasteiger partial charge in [0.05, 0.1) is 22.8 Å². The van der Waals surface area contributed by atoms with Crippen molar-refractivity contribution in [3.8, 4) is 5.75 Å². The number of ether oxygens (including phenoxy) is 1. The molecule has 132 valence electrons. The highest BCUT2D eigenvalue weighted by molar-refractivity contribution is 8.00. The Hall–Kier alpha value is -1.92. The van der Waals surface area contributed by atoms with Gasteiger partial charge in [-0.3, -0.25) is 0 Å². The van der Waals surface area contributed by atoms with Crippen molar-refractivity contribution in [3.63, 3.8) is 0 Å². The molecule has 4 rings (SSSR count). The predicted octanol–water partition coefficient (Wildman–Crippen LogP) is 3.48. The maximum absolute atomic E-state index is 14.0. The van der Waals surface area contributed by atoms with Crippen molar-refractivity contribution < 1.29 is 9.13 Å². The SMILES string of the molecule is CN1CCN(c2cccc3c2OCCN3Sc2ccccc2F)CC1. The van der Waals surface area contributed by atoms with E-state index in [-0.39, 0.29) is 5.82 Å². The highest BCUT2D eigenvalue weighted by Gasteiger charge is 2.26. The molecule has 0 amide bonds. The smallest absolute Gasteiger partial charge is 0.166 e. The molecule has 2 heterocycles. The minimum Gasteiger partial charge on any atom is -0.487 e. The van der Waals surface area contributed by atoms with E-state index in [2.05, 4.69) is 39.4 Å². The number of halogens is 1. The van der Waals surface area contributed by atoms with Gasteiger partial charge in [0.15, 0.2) is 5.75 Å². The summed E-state index contributed by atoms with van der Waals surface area (Å²) in [6.07, 6.45) is 0. The number of likely N-dealkylation sites (N-methyl/N-ethyl adjacent to an activating group) is 1. The highest BCUT2D eigenvalue weighted by Crippen LogP contribution is 2.44. The van der Waals surface area contributed by atoms with Gasteiger partial charge in [0.2, 0.25) is 0 Å².